The Morgan fingerprint density at radius 3 is 2.80 bits per heavy atom. The molecule has 0 radical (unpaired) electrons. The zero-order valence-electron chi connectivity index (χ0n) is 9.37. The minimum absolute atomic E-state index is 0.212. The number of rotatable bonds is 2. The van der Waals surface area contributed by atoms with Crippen molar-refractivity contribution in [3.8, 4) is 0 Å². The van der Waals surface area contributed by atoms with E-state index in [0.29, 0.717) is 6.42 Å². The molecule has 2 nitrogen and oxygen atoms in total. The number of nitrogens with zero attached hydrogens (tertiary/aromatic N) is 1. The van der Waals surface area contributed by atoms with Gasteiger partial charge in [0.05, 0.1) is 0 Å². The Labute approximate surface area is 89.5 Å². The molecule has 0 aliphatic heterocycles. The lowest BCUT2D eigenvalue weighted by molar-refractivity contribution is -0.116. The van der Waals surface area contributed by atoms with E-state index in [2.05, 4.69) is 30.7 Å². The lowest BCUT2D eigenvalue weighted by Gasteiger charge is -2.02. The van der Waals surface area contributed by atoms with Crippen molar-refractivity contribution in [2.24, 2.45) is 7.05 Å². The fourth-order valence-corrected chi connectivity index (χ4v) is 1.98. The molecule has 0 saturated carbocycles. The molecular weight excluding hydrogens is 186 g/mol. The van der Waals surface area contributed by atoms with Gasteiger partial charge in [-0.25, -0.2) is 0 Å². The van der Waals surface area contributed by atoms with E-state index in [1.165, 1.54) is 16.6 Å². The molecule has 2 heteroatoms. The summed E-state index contributed by atoms with van der Waals surface area (Å²) in [6, 6.07) is 8.28. The van der Waals surface area contributed by atoms with Crippen molar-refractivity contribution in [3.05, 3.63) is 35.5 Å². The highest BCUT2D eigenvalue weighted by atomic mass is 16.1. The van der Waals surface area contributed by atoms with Crippen LogP contribution in [0.4, 0.5) is 0 Å². The molecule has 78 valence electrons. The summed E-state index contributed by atoms with van der Waals surface area (Å²) >= 11 is 0. The van der Waals surface area contributed by atoms with Gasteiger partial charge in [0.25, 0.3) is 0 Å². The highest BCUT2D eigenvalue weighted by Crippen LogP contribution is 2.22. The summed E-state index contributed by atoms with van der Waals surface area (Å²) in [7, 11) is 2.05. The van der Waals surface area contributed by atoms with Crippen molar-refractivity contribution in [2.45, 2.75) is 20.3 Å². The number of fused-ring (bicyclic) bond motifs is 1. The van der Waals surface area contributed by atoms with Gasteiger partial charge in [0.15, 0.2) is 0 Å². The molecule has 0 bridgehead atoms. The molecule has 0 N–H and O–H groups in total. The maximum atomic E-state index is 11.1. The predicted molar refractivity (Wildman–Crippen MR) is 62.0 cm³/mol. The van der Waals surface area contributed by atoms with E-state index in [0.717, 1.165) is 5.56 Å². The Morgan fingerprint density at radius 2 is 2.13 bits per heavy atom. The highest BCUT2D eigenvalue weighted by Gasteiger charge is 2.07. The number of Topliss-reactive ketones (excluding diaryl/α,β-unsaturated/α-hetero) is 1. The number of aromatic nitrogens is 1. The topological polar surface area (TPSA) is 22.0 Å². The monoisotopic (exact) mass is 201 g/mol. The largest absolute Gasteiger partial charge is 0.348 e. The molecule has 0 saturated heterocycles. The average Bonchev–Trinajstić information content (AvgIpc) is 2.45. The van der Waals surface area contributed by atoms with Gasteiger partial charge in [-0.15, -0.1) is 0 Å². The molecule has 0 atom stereocenters. The van der Waals surface area contributed by atoms with E-state index in [-0.39, 0.29) is 5.78 Å². The molecule has 0 fully saturated rings. The van der Waals surface area contributed by atoms with Gasteiger partial charge in [0, 0.05) is 30.1 Å². The van der Waals surface area contributed by atoms with Gasteiger partial charge in [-0.1, -0.05) is 12.1 Å². The van der Waals surface area contributed by atoms with Gasteiger partial charge in [0.2, 0.25) is 0 Å². The SMILES string of the molecule is CC(=O)Cc1cccc2c1cc(C)n2C. The van der Waals surface area contributed by atoms with Gasteiger partial charge >= 0.3 is 0 Å². The van der Waals surface area contributed by atoms with E-state index < -0.39 is 0 Å². The summed E-state index contributed by atoms with van der Waals surface area (Å²) in [5, 5.41) is 1.20. The van der Waals surface area contributed by atoms with Crippen LogP contribution in [0, 0.1) is 6.92 Å². The van der Waals surface area contributed by atoms with Crippen LogP contribution < -0.4 is 0 Å². The third-order valence-electron chi connectivity index (χ3n) is 2.86. The van der Waals surface area contributed by atoms with Crippen molar-refractivity contribution in [3.63, 3.8) is 0 Å². The average molecular weight is 201 g/mol. The number of ketones is 1. The third-order valence-corrected chi connectivity index (χ3v) is 2.86. The Morgan fingerprint density at radius 1 is 1.40 bits per heavy atom. The summed E-state index contributed by atoms with van der Waals surface area (Å²) in [5.41, 5.74) is 3.55. The number of carbonyl (C=O) groups is 1. The van der Waals surface area contributed by atoms with Crippen LogP contribution in [0.3, 0.4) is 0 Å². The van der Waals surface area contributed by atoms with Crippen molar-refractivity contribution in [2.75, 3.05) is 0 Å². The molecule has 0 amide bonds. The normalized spacial score (nSPS) is 10.9. The molecule has 0 aliphatic carbocycles. The summed E-state index contributed by atoms with van der Waals surface area (Å²) in [6.07, 6.45) is 0.529. The van der Waals surface area contributed by atoms with Crippen molar-refractivity contribution >= 4 is 16.7 Å². The van der Waals surface area contributed by atoms with Gasteiger partial charge < -0.3 is 4.57 Å². The molecule has 0 spiro atoms. The summed E-state index contributed by atoms with van der Waals surface area (Å²) in [5.74, 6) is 0.212. The Kier molecular flexibility index (Phi) is 2.35. The first-order valence-corrected chi connectivity index (χ1v) is 5.13. The van der Waals surface area contributed by atoms with Gasteiger partial charge in [-0.3, -0.25) is 4.79 Å². The maximum absolute atomic E-state index is 11.1. The first kappa shape index (κ1) is 9.97. The Bertz CT molecular complexity index is 523. The Hall–Kier alpha value is -1.57. The minimum Gasteiger partial charge on any atom is -0.348 e. The number of aryl methyl sites for hydroxylation is 2. The zero-order chi connectivity index (χ0) is 11.0. The van der Waals surface area contributed by atoms with Crippen LogP contribution in [0.1, 0.15) is 18.2 Å². The van der Waals surface area contributed by atoms with Crippen LogP contribution in [-0.4, -0.2) is 10.4 Å². The van der Waals surface area contributed by atoms with Crippen LogP contribution in [0.15, 0.2) is 24.3 Å². The van der Waals surface area contributed by atoms with E-state index in [1.54, 1.807) is 6.92 Å². The van der Waals surface area contributed by atoms with Crippen molar-refractivity contribution in [1.29, 1.82) is 0 Å². The van der Waals surface area contributed by atoms with Gasteiger partial charge in [-0.05, 0) is 31.5 Å². The van der Waals surface area contributed by atoms with E-state index in [9.17, 15) is 4.79 Å². The summed E-state index contributed by atoms with van der Waals surface area (Å²) in [6.45, 7) is 3.71. The quantitative estimate of drug-likeness (QED) is 0.732. The molecule has 1 aromatic heterocycles. The molecule has 0 unspecified atom stereocenters. The van der Waals surface area contributed by atoms with Crippen LogP contribution in [0.5, 0.6) is 0 Å². The second-order valence-corrected chi connectivity index (χ2v) is 4.07. The highest BCUT2D eigenvalue weighted by molar-refractivity contribution is 5.89. The van der Waals surface area contributed by atoms with Crippen LogP contribution in [0.2, 0.25) is 0 Å². The summed E-state index contributed by atoms with van der Waals surface area (Å²) < 4.78 is 2.15. The van der Waals surface area contributed by atoms with Crippen LogP contribution in [-0.2, 0) is 18.3 Å². The number of benzene rings is 1. The van der Waals surface area contributed by atoms with Crippen LogP contribution >= 0.6 is 0 Å². The maximum Gasteiger partial charge on any atom is 0.134 e. The van der Waals surface area contributed by atoms with E-state index >= 15 is 0 Å². The molecule has 1 heterocycles. The summed E-state index contributed by atoms with van der Waals surface area (Å²) in [4.78, 5) is 11.1. The Balaban J connectivity index is 2.65. The smallest absolute Gasteiger partial charge is 0.134 e. The molecule has 2 rings (SSSR count). The first-order valence-electron chi connectivity index (χ1n) is 5.13. The lowest BCUT2D eigenvalue weighted by Crippen LogP contribution is -1.96. The number of hydrogen-bond donors (Lipinski definition) is 0. The third kappa shape index (κ3) is 1.67. The standard InChI is InChI=1S/C13H15NO/c1-9-7-12-11(8-10(2)15)5-4-6-13(12)14(9)3/h4-7H,8H2,1-3H3. The number of hydrogen-bond acceptors (Lipinski definition) is 1. The van der Waals surface area contributed by atoms with Gasteiger partial charge in [0.1, 0.15) is 5.78 Å². The molecule has 15 heavy (non-hydrogen) atoms. The molecule has 0 aliphatic rings. The molecule has 1 aromatic carbocycles. The van der Waals surface area contributed by atoms with Crippen molar-refractivity contribution in [1.82, 2.24) is 4.57 Å². The fraction of sp³-hybridized carbons (Fsp3) is 0.308. The molecular formula is C13H15NO. The molecule has 2 aromatic rings. The van der Waals surface area contributed by atoms with Crippen molar-refractivity contribution < 1.29 is 4.79 Å². The lowest BCUT2D eigenvalue weighted by atomic mass is 10.1. The fourth-order valence-electron chi connectivity index (χ4n) is 1.98. The second kappa shape index (κ2) is 3.54. The van der Waals surface area contributed by atoms with Crippen LogP contribution in [0.25, 0.3) is 10.9 Å². The second-order valence-electron chi connectivity index (χ2n) is 4.07. The van der Waals surface area contributed by atoms with Gasteiger partial charge in [-0.2, -0.15) is 0 Å². The predicted octanol–water partition coefficient (Wildman–Crippen LogP) is 2.62. The first-order chi connectivity index (χ1) is 7.09. The van der Waals surface area contributed by atoms with E-state index in [1.807, 2.05) is 12.1 Å². The number of carbonyl (C=O) groups excluding carboxylic acids is 1. The van der Waals surface area contributed by atoms with E-state index in [4.69, 9.17) is 0 Å². The minimum atomic E-state index is 0.212. The zero-order valence-corrected chi connectivity index (χ0v) is 9.37.